The summed E-state index contributed by atoms with van der Waals surface area (Å²) in [4.78, 5) is 11.3. The summed E-state index contributed by atoms with van der Waals surface area (Å²) in [6.07, 6.45) is 4.49. The fraction of sp³-hybridized carbons (Fsp3) is 0.462. The Labute approximate surface area is 109 Å². The van der Waals surface area contributed by atoms with Crippen LogP contribution in [0.1, 0.15) is 43.0 Å². The highest BCUT2D eigenvalue weighted by Crippen LogP contribution is 2.39. The Morgan fingerprint density at radius 3 is 2.71 bits per heavy atom. The normalized spacial score (nSPS) is 17.3. The lowest BCUT2D eigenvalue weighted by Gasteiger charge is -2.43. The van der Waals surface area contributed by atoms with Crippen molar-refractivity contribution in [1.29, 1.82) is 0 Å². The van der Waals surface area contributed by atoms with Crippen molar-refractivity contribution in [3.8, 4) is 0 Å². The van der Waals surface area contributed by atoms with Crippen LogP contribution in [0.3, 0.4) is 0 Å². The molecule has 0 atom stereocenters. The van der Waals surface area contributed by atoms with E-state index in [1.165, 1.54) is 6.42 Å². The maximum atomic E-state index is 11.3. The van der Waals surface area contributed by atoms with E-state index in [0.717, 1.165) is 19.3 Å². The Balaban J connectivity index is 2.32. The summed E-state index contributed by atoms with van der Waals surface area (Å²) in [6, 6.07) is 5.46. The van der Waals surface area contributed by atoms with Crippen LogP contribution in [0, 0.1) is 0 Å². The maximum Gasteiger partial charge on any atom is 0.338 e. The molecule has 0 saturated heterocycles. The Morgan fingerprint density at radius 1 is 1.53 bits per heavy atom. The number of aromatic carboxylic acids is 1. The molecule has 92 valence electrons. The van der Waals surface area contributed by atoms with Gasteiger partial charge in [0.05, 0.1) is 11.3 Å². The van der Waals surface area contributed by atoms with Gasteiger partial charge in [0, 0.05) is 10.0 Å². The molecule has 0 heterocycles. The lowest BCUT2D eigenvalue weighted by Crippen LogP contribution is -2.44. The van der Waals surface area contributed by atoms with E-state index in [1.54, 1.807) is 6.07 Å². The number of benzene rings is 1. The lowest BCUT2D eigenvalue weighted by atomic mass is 9.74. The molecule has 2 N–H and O–H groups in total. The van der Waals surface area contributed by atoms with Crippen molar-refractivity contribution in [2.24, 2.45) is 0 Å². The smallest absolute Gasteiger partial charge is 0.338 e. The highest BCUT2D eigenvalue weighted by atomic mass is 79.9. The van der Waals surface area contributed by atoms with Gasteiger partial charge in [0.2, 0.25) is 0 Å². The molecule has 0 aliphatic heterocycles. The third kappa shape index (κ3) is 2.32. The number of hydrogen-bond donors (Lipinski definition) is 2. The molecule has 4 heteroatoms. The van der Waals surface area contributed by atoms with Gasteiger partial charge in [-0.2, -0.15) is 0 Å². The van der Waals surface area contributed by atoms with Gasteiger partial charge in [-0.05, 0) is 53.7 Å². The topological polar surface area (TPSA) is 49.3 Å². The minimum absolute atomic E-state index is 0.102. The Bertz CT molecular complexity index is 436. The van der Waals surface area contributed by atoms with Crippen LogP contribution in [0.25, 0.3) is 0 Å². The van der Waals surface area contributed by atoms with E-state index in [1.807, 2.05) is 12.1 Å². The molecule has 1 aliphatic rings. The molecule has 0 amide bonds. The van der Waals surface area contributed by atoms with Crippen molar-refractivity contribution in [2.75, 3.05) is 5.32 Å². The summed E-state index contributed by atoms with van der Waals surface area (Å²) in [5.41, 5.74) is 1.14. The van der Waals surface area contributed by atoms with Crippen LogP contribution in [0.4, 0.5) is 5.69 Å². The SMILES string of the molecule is CCC1(Nc2cccc(Br)c2C(=O)O)CCC1. The average Bonchev–Trinajstić information content (AvgIpc) is 2.23. The van der Waals surface area contributed by atoms with E-state index in [2.05, 4.69) is 28.2 Å². The van der Waals surface area contributed by atoms with Crippen LogP contribution in [0.15, 0.2) is 22.7 Å². The van der Waals surface area contributed by atoms with Gasteiger partial charge in [-0.1, -0.05) is 13.0 Å². The van der Waals surface area contributed by atoms with Gasteiger partial charge in [-0.3, -0.25) is 0 Å². The Hall–Kier alpha value is -1.03. The predicted molar refractivity (Wildman–Crippen MR) is 71.6 cm³/mol. The van der Waals surface area contributed by atoms with Crippen LogP contribution in [-0.2, 0) is 0 Å². The first-order valence-corrected chi connectivity index (χ1v) is 6.67. The standard InChI is InChI=1S/C13H16BrNO2/c1-2-13(7-4-8-13)15-10-6-3-5-9(14)11(10)12(16)17/h3,5-6,15H,2,4,7-8H2,1H3,(H,16,17). The molecule has 1 aromatic carbocycles. The molecular formula is C13H16BrNO2. The number of nitrogens with one attached hydrogen (secondary N) is 1. The fourth-order valence-electron chi connectivity index (χ4n) is 2.30. The van der Waals surface area contributed by atoms with Crippen molar-refractivity contribution in [2.45, 2.75) is 38.1 Å². The number of carboxylic acids is 1. The van der Waals surface area contributed by atoms with E-state index in [4.69, 9.17) is 0 Å². The highest BCUT2D eigenvalue weighted by Gasteiger charge is 2.35. The second kappa shape index (κ2) is 4.69. The Morgan fingerprint density at radius 2 is 2.24 bits per heavy atom. The van der Waals surface area contributed by atoms with Gasteiger partial charge in [-0.25, -0.2) is 4.79 Å². The molecule has 0 aromatic heterocycles. The lowest BCUT2D eigenvalue weighted by molar-refractivity contribution is 0.0696. The second-order valence-corrected chi connectivity index (χ2v) is 5.43. The van der Waals surface area contributed by atoms with E-state index >= 15 is 0 Å². The molecule has 0 bridgehead atoms. The van der Waals surface area contributed by atoms with Crippen molar-refractivity contribution >= 4 is 27.6 Å². The van der Waals surface area contributed by atoms with Crippen LogP contribution >= 0.6 is 15.9 Å². The average molecular weight is 298 g/mol. The van der Waals surface area contributed by atoms with Gasteiger partial charge < -0.3 is 10.4 Å². The highest BCUT2D eigenvalue weighted by molar-refractivity contribution is 9.10. The van der Waals surface area contributed by atoms with E-state index in [9.17, 15) is 9.90 Å². The van der Waals surface area contributed by atoms with Crippen molar-refractivity contribution < 1.29 is 9.90 Å². The molecule has 0 radical (unpaired) electrons. The third-order valence-electron chi connectivity index (χ3n) is 3.61. The summed E-state index contributed by atoms with van der Waals surface area (Å²) >= 11 is 3.30. The van der Waals surface area contributed by atoms with Gasteiger partial charge in [0.1, 0.15) is 0 Å². The summed E-state index contributed by atoms with van der Waals surface area (Å²) in [5, 5.41) is 12.7. The van der Waals surface area contributed by atoms with Crippen LogP contribution in [-0.4, -0.2) is 16.6 Å². The van der Waals surface area contributed by atoms with Gasteiger partial charge in [-0.15, -0.1) is 0 Å². The van der Waals surface area contributed by atoms with Crippen molar-refractivity contribution in [1.82, 2.24) is 0 Å². The molecule has 17 heavy (non-hydrogen) atoms. The zero-order chi connectivity index (χ0) is 12.5. The molecule has 3 nitrogen and oxygen atoms in total. The number of carbonyl (C=O) groups is 1. The van der Waals surface area contributed by atoms with Crippen LogP contribution in [0.5, 0.6) is 0 Å². The first kappa shape index (κ1) is 12.4. The summed E-state index contributed by atoms with van der Waals surface area (Å²) in [6.45, 7) is 2.14. The number of rotatable bonds is 4. The number of halogens is 1. The predicted octanol–water partition coefficient (Wildman–Crippen LogP) is 3.89. The first-order chi connectivity index (χ1) is 8.08. The zero-order valence-electron chi connectivity index (χ0n) is 9.79. The van der Waals surface area contributed by atoms with Gasteiger partial charge in [0.15, 0.2) is 0 Å². The molecule has 0 spiro atoms. The van der Waals surface area contributed by atoms with E-state index in [0.29, 0.717) is 15.7 Å². The molecule has 1 fully saturated rings. The third-order valence-corrected chi connectivity index (χ3v) is 4.28. The van der Waals surface area contributed by atoms with E-state index < -0.39 is 5.97 Å². The Kier molecular flexibility index (Phi) is 3.43. The largest absolute Gasteiger partial charge is 0.478 e. The quantitative estimate of drug-likeness (QED) is 0.886. The number of anilines is 1. The van der Waals surface area contributed by atoms with Crippen LogP contribution < -0.4 is 5.32 Å². The summed E-state index contributed by atoms with van der Waals surface area (Å²) in [5.74, 6) is -0.898. The zero-order valence-corrected chi connectivity index (χ0v) is 11.4. The first-order valence-electron chi connectivity index (χ1n) is 5.88. The molecule has 1 saturated carbocycles. The monoisotopic (exact) mass is 297 g/mol. The van der Waals surface area contributed by atoms with Crippen molar-refractivity contribution in [3.63, 3.8) is 0 Å². The number of carboxylic acid groups (broad SMARTS) is 1. The number of hydrogen-bond acceptors (Lipinski definition) is 2. The summed E-state index contributed by atoms with van der Waals surface area (Å²) in [7, 11) is 0. The van der Waals surface area contributed by atoms with Crippen LogP contribution in [0.2, 0.25) is 0 Å². The maximum absolute atomic E-state index is 11.3. The molecule has 1 aliphatic carbocycles. The fourth-order valence-corrected chi connectivity index (χ4v) is 2.84. The molecule has 0 unspecified atom stereocenters. The minimum atomic E-state index is -0.898. The molecule has 2 rings (SSSR count). The second-order valence-electron chi connectivity index (χ2n) is 4.58. The van der Waals surface area contributed by atoms with Gasteiger partial charge in [0.25, 0.3) is 0 Å². The minimum Gasteiger partial charge on any atom is -0.478 e. The molecular weight excluding hydrogens is 282 g/mol. The molecule has 1 aromatic rings. The van der Waals surface area contributed by atoms with Crippen molar-refractivity contribution in [3.05, 3.63) is 28.2 Å². The van der Waals surface area contributed by atoms with Gasteiger partial charge >= 0.3 is 5.97 Å². The van der Waals surface area contributed by atoms with E-state index in [-0.39, 0.29) is 5.54 Å². The summed E-state index contributed by atoms with van der Waals surface area (Å²) < 4.78 is 0.626.